The lowest BCUT2D eigenvalue weighted by atomic mass is 9.83. The van der Waals surface area contributed by atoms with Gasteiger partial charge in [-0.1, -0.05) is 75.4 Å². The molecule has 0 N–H and O–H groups in total. The summed E-state index contributed by atoms with van der Waals surface area (Å²) >= 11 is 0. The molecule has 0 unspecified atom stereocenters. The van der Waals surface area contributed by atoms with Gasteiger partial charge in [-0.2, -0.15) is 0 Å². The monoisotopic (exact) mass is 325 g/mol. The first-order valence-electron chi connectivity index (χ1n) is 8.83. The van der Waals surface area contributed by atoms with Gasteiger partial charge in [-0.25, -0.2) is 4.98 Å². The minimum Gasteiger partial charge on any atom is -0.247 e. The lowest BCUT2D eigenvalue weighted by Gasteiger charge is -2.22. The number of pyridine rings is 1. The van der Waals surface area contributed by atoms with Gasteiger partial charge in [0.25, 0.3) is 0 Å². The summed E-state index contributed by atoms with van der Waals surface area (Å²) in [7, 11) is 0. The molecule has 1 nitrogen and oxygen atoms in total. The molecule has 0 atom stereocenters. The molecule has 0 bridgehead atoms. The van der Waals surface area contributed by atoms with Crippen LogP contribution in [0, 0.1) is 6.92 Å². The van der Waals surface area contributed by atoms with E-state index in [9.17, 15) is 0 Å². The predicted molar refractivity (Wildman–Crippen MR) is 108 cm³/mol. The Kier molecular flexibility index (Phi) is 3.61. The molecule has 0 aliphatic heterocycles. The third-order valence-corrected chi connectivity index (χ3v) is 4.93. The molecular weight excluding hydrogens is 302 g/mol. The Morgan fingerprint density at radius 3 is 2.28 bits per heavy atom. The second-order valence-corrected chi connectivity index (χ2v) is 7.83. The Hall–Kier alpha value is -2.67. The van der Waals surface area contributed by atoms with E-state index in [1.165, 1.54) is 32.8 Å². The van der Waals surface area contributed by atoms with Crippen molar-refractivity contribution in [3.05, 3.63) is 77.9 Å². The summed E-state index contributed by atoms with van der Waals surface area (Å²) in [5, 5.41) is 3.63. The highest BCUT2D eigenvalue weighted by atomic mass is 14.7. The predicted octanol–water partition coefficient (Wildman–Crippen LogP) is 6.66. The maximum atomic E-state index is 5.03. The van der Waals surface area contributed by atoms with Crippen LogP contribution >= 0.6 is 0 Å². The van der Waals surface area contributed by atoms with Crippen molar-refractivity contribution in [1.29, 1.82) is 0 Å². The Morgan fingerprint density at radius 1 is 0.760 bits per heavy atom. The normalized spacial score (nSPS) is 12.0. The minimum absolute atomic E-state index is 0.129. The van der Waals surface area contributed by atoms with Crippen molar-refractivity contribution in [2.24, 2.45) is 0 Å². The van der Waals surface area contributed by atoms with E-state index in [2.05, 4.69) is 94.4 Å². The van der Waals surface area contributed by atoms with Crippen LogP contribution in [0.3, 0.4) is 0 Å². The molecule has 1 heteroatoms. The fourth-order valence-electron chi connectivity index (χ4n) is 3.61. The van der Waals surface area contributed by atoms with Gasteiger partial charge in [0.2, 0.25) is 0 Å². The highest BCUT2D eigenvalue weighted by Gasteiger charge is 2.17. The van der Waals surface area contributed by atoms with Crippen molar-refractivity contribution in [2.75, 3.05) is 0 Å². The van der Waals surface area contributed by atoms with E-state index in [0.717, 1.165) is 11.2 Å². The zero-order valence-electron chi connectivity index (χ0n) is 15.3. The first-order valence-corrected chi connectivity index (χ1v) is 8.83. The molecule has 25 heavy (non-hydrogen) atoms. The second-order valence-electron chi connectivity index (χ2n) is 7.83. The molecule has 124 valence electrons. The van der Waals surface area contributed by atoms with Crippen LogP contribution in [0.25, 0.3) is 32.9 Å². The summed E-state index contributed by atoms with van der Waals surface area (Å²) in [6.45, 7) is 8.98. The van der Waals surface area contributed by atoms with Gasteiger partial charge in [-0.3, -0.25) is 0 Å². The van der Waals surface area contributed by atoms with Crippen LogP contribution in [0.4, 0.5) is 0 Å². The van der Waals surface area contributed by atoms with Crippen LogP contribution in [-0.2, 0) is 5.41 Å². The van der Waals surface area contributed by atoms with Crippen molar-refractivity contribution in [3.8, 4) is 11.3 Å². The number of nitrogens with zero attached hydrogens (tertiary/aromatic N) is 1. The van der Waals surface area contributed by atoms with E-state index in [-0.39, 0.29) is 5.41 Å². The third-order valence-electron chi connectivity index (χ3n) is 4.93. The van der Waals surface area contributed by atoms with Gasteiger partial charge in [0, 0.05) is 16.3 Å². The average molecular weight is 325 g/mol. The topological polar surface area (TPSA) is 12.9 Å². The van der Waals surface area contributed by atoms with Crippen molar-refractivity contribution in [2.45, 2.75) is 33.1 Å². The van der Waals surface area contributed by atoms with Crippen LogP contribution in [0.15, 0.2) is 66.7 Å². The first kappa shape index (κ1) is 15.8. The molecule has 0 fully saturated rings. The summed E-state index contributed by atoms with van der Waals surface area (Å²) in [5.74, 6) is 0. The van der Waals surface area contributed by atoms with Crippen molar-refractivity contribution in [1.82, 2.24) is 4.98 Å². The summed E-state index contributed by atoms with van der Waals surface area (Å²) in [5.41, 5.74) is 6.14. The van der Waals surface area contributed by atoms with E-state index >= 15 is 0 Å². The highest BCUT2D eigenvalue weighted by Crippen LogP contribution is 2.31. The number of hydrogen-bond acceptors (Lipinski definition) is 1. The van der Waals surface area contributed by atoms with E-state index in [1.807, 2.05) is 0 Å². The number of aromatic nitrogens is 1. The summed E-state index contributed by atoms with van der Waals surface area (Å²) < 4.78 is 0. The van der Waals surface area contributed by atoms with Gasteiger partial charge in [0.1, 0.15) is 0 Å². The quantitative estimate of drug-likeness (QED) is 0.356. The maximum Gasteiger partial charge on any atom is 0.0787 e. The van der Waals surface area contributed by atoms with Crippen molar-refractivity contribution < 1.29 is 0 Å². The molecule has 0 saturated carbocycles. The van der Waals surface area contributed by atoms with Crippen molar-refractivity contribution in [3.63, 3.8) is 0 Å². The largest absolute Gasteiger partial charge is 0.247 e. The van der Waals surface area contributed by atoms with Crippen molar-refractivity contribution >= 4 is 21.7 Å². The maximum absolute atomic E-state index is 5.03. The molecule has 4 rings (SSSR count). The van der Waals surface area contributed by atoms with Gasteiger partial charge in [-0.05, 0) is 41.0 Å². The molecule has 0 saturated heterocycles. The second kappa shape index (κ2) is 5.70. The molecular formula is C24H23N. The van der Waals surface area contributed by atoms with E-state index < -0.39 is 0 Å². The molecule has 0 aliphatic rings. The first-order chi connectivity index (χ1) is 11.9. The van der Waals surface area contributed by atoms with Gasteiger partial charge in [0.05, 0.1) is 11.2 Å². The van der Waals surface area contributed by atoms with Crippen LogP contribution in [-0.4, -0.2) is 4.98 Å². The SMILES string of the molecule is Cc1ccc(-c2ccc3ccc4ccccc4c3n2)cc1C(C)(C)C. The van der Waals surface area contributed by atoms with E-state index in [4.69, 9.17) is 4.98 Å². The summed E-state index contributed by atoms with van der Waals surface area (Å²) in [4.78, 5) is 5.03. The average Bonchev–Trinajstić information content (AvgIpc) is 2.60. The Morgan fingerprint density at radius 2 is 1.48 bits per heavy atom. The van der Waals surface area contributed by atoms with E-state index in [0.29, 0.717) is 0 Å². The van der Waals surface area contributed by atoms with Crippen LogP contribution < -0.4 is 0 Å². The smallest absolute Gasteiger partial charge is 0.0787 e. The van der Waals surface area contributed by atoms with Gasteiger partial charge in [-0.15, -0.1) is 0 Å². The van der Waals surface area contributed by atoms with Gasteiger partial charge >= 0.3 is 0 Å². The van der Waals surface area contributed by atoms with Crippen LogP contribution in [0.2, 0.25) is 0 Å². The minimum atomic E-state index is 0.129. The molecule has 0 radical (unpaired) electrons. The van der Waals surface area contributed by atoms with Gasteiger partial charge in [0.15, 0.2) is 0 Å². The molecule has 1 heterocycles. The van der Waals surface area contributed by atoms with Crippen LogP contribution in [0.1, 0.15) is 31.9 Å². The number of fused-ring (bicyclic) bond motifs is 3. The standard InChI is InChI=1S/C24H23N/c1-16-9-10-19(15-21(16)24(2,3)4)22-14-13-18-12-11-17-7-5-6-8-20(17)23(18)25-22/h5-15H,1-4H3. The Labute approximate surface area is 149 Å². The molecule has 0 amide bonds. The van der Waals surface area contributed by atoms with Crippen LogP contribution in [0.5, 0.6) is 0 Å². The Balaban J connectivity index is 1.94. The summed E-state index contributed by atoms with van der Waals surface area (Å²) in [6.07, 6.45) is 0. The lowest BCUT2D eigenvalue weighted by molar-refractivity contribution is 0.586. The van der Waals surface area contributed by atoms with E-state index in [1.54, 1.807) is 0 Å². The number of rotatable bonds is 1. The molecule has 1 aromatic heterocycles. The number of aryl methyl sites for hydroxylation is 1. The zero-order valence-corrected chi connectivity index (χ0v) is 15.3. The molecule has 4 aromatic rings. The zero-order chi connectivity index (χ0) is 17.6. The lowest BCUT2D eigenvalue weighted by Crippen LogP contribution is -2.13. The summed E-state index contributed by atoms with van der Waals surface area (Å²) in [6, 6.07) is 23.8. The highest BCUT2D eigenvalue weighted by molar-refractivity contribution is 6.05. The van der Waals surface area contributed by atoms with Gasteiger partial charge < -0.3 is 0 Å². The molecule has 0 aliphatic carbocycles. The number of hydrogen-bond donors (Lipinski definition) is 0. The number of benzene rings is 3. The fourth-order valence-corrected chi connectivity index (χ4v) is 3.61. The fraction of sp³-hybridized carbons (Fsp3) is 0.208. The third kappa shape index (κ3) is 2.80. The molecule has 3 aromatic carbocycles. The molecule has 0 spiro atoms. The Bertz CT molecular complexity index is 1080.